The quantitative estimate of drug-likeness (QED) is 0.668. The van der Waals surface area contributed by atoms with Crippen LogP contribution in [-0.4, -0.2) is 20.1 Å². The predicted octanol–water partition coefficient (Wildman–Crippen LogP) is -0.0410. The molecule has 0 bridgehead atoms. The Hall–Kier alpha value is -2.05. The zero-order chi connectivity index (χ0) is 9.26. The van der Waals surface area contributed by atoms with E-state index in [1.807, 2.05) is 0 Å². The second-order valence-electron chi connectivity index (χ2n) is 2.17. The van der Waals surface area contributed by atoms with Crippen molar-refractivity contribution in [1.82, 2.24) is 20.1 Å². The maximum atomic E-state index is 12.4. The Balaban J connectivity index is 2.47. The lowest BCUT2D eigenvalue weighted by molar-refractivity contribution is 0.387. The van der Waals surface area contributed by atoms with Crippen molar-refractivity contribution in [1.29, 1.82) is 0 Å². The first-order chi connectivity index (χ1) is 6.25. The first-order valence-corrected chi connectivity index (χ1v) is 3.29. The van der Waals surface area contributed by atoms with Gasteiger partial charge in [-0.15, -0.1) is 0 Å². The van der Waals surface area contributed by atoms with Crippen LogP contribution in [0.25, 0.3) is 11.6 Å². The molecule has 0 spiro atoms. The molecule has 2 aromatic rings. The summed E-state index contributed by atoms with van der Waals surface area (Å²) in [6, 6.07) is 0. The van der Waals surface area contributed by atoms with Crippen LogP contribution in [0.2, 0.25) is 0 Å². The summed E-state index contributed by atoms with van der Waals surface area (Å²) in [6.45, 7) is 0. The number of aromatic nitrogens is 4. The van der Waals surface area contributed by atoms with Crippen molar-refractivity contribution < 1.29 is 8.91 Å². The number of aromatic amines is 1. The maximum Gasteiger partial charge on any atom is 0.439 e. The Morgan fingerprint density at radius 3 is 2.62 bits per heavy atom. The highest BCUT2D eigenvalue weighted by atomic mass is 19.1. The number of H-pyrrole nitrogens is 1. The molecule has 1 N–H and O–H groups in total. The molecule has 0 unspecified atom stereocenters. The Kier molecular flexibility index (Phi) is 1.62. The highest BCUT2D eigenvalue weighted by Gasteiger charge is 2.06. The smallest absolute Gasteiger partial charge is 0.295 e. The van der Waals surface area contributed by atoms with Crippen molar-refractivity contribution in [3.63, 3.8) is 0 Å². The summed E-state index contributed by atoms with van der Waals surface area (Å²) in [5, 5.41) is 3.33. The molecule has 66 valence electrons. The number of hydrogen-bond donors (Lipinski definition) is 1. The average molecular weight is 182 g/mol. The molecule has 0 aromatic carbocycles. The van der Waals surface area contributed by atoms with E-state index in [2.05, 4.69) is 24.6 Å². The van der Waals surface area contributed by atoms with Crippen molar-refractivity contribution >= 4 is 0 Å². The molecule has 6 nitrogen and oxygen atoms in total. The Bertz CT molecular complexity index is 460. The van der Waals surface area contributed by atoms with Crippen molar-refractivity contribution in [2.75, 3.05) is 0 Å². The van der Waals surface area contributed by atoms with Gasteiger partial charge in [0.1, 0.15) is 0 Å². The van der Waals surface area contributed by atoms with Crippen LogP contribution in [0.15, 0.2) is 21.7 Å². The third-order valence-corrected chi connectivity index (χ3v) is 1.27. The Morgan fingerprint density at radius 2 is 2.08 bits per heavy atom. The highest BCUT2D eigenvalue weighted by molar-refractivity contribution is 5.39. The van der Waals surface area contributed by atoms with Crippen LogP contribution in [0.3, 0.4) is 0 Å². The van der Waals surface area contributed by atoms with Gasteiger partial charge < -0.3 is 0 Å². The highest BCUT2D eigenvalue weighted by Crippen LogP contribution is 2.04. The topological polar surface area (TPSA) is 84.7 Å². The third-order valence-electron chi connectivity index (χ3n) is 1.27. The molecule has 0 aliphatic carbocycles. The normalized spacial score (nSPS) is 10.2. The van der Waals surface area contributed by atoms with Gasteiger partial charge in [0.05, 0.1) is 12.4 Å². The molecule has 2 aromatic heterocycles. The fourth-order valence-corrected chi connectivity index (χ4v) is 0.761. The molecule has 0 amide bonds. The molecule has 0 fully saturated rings. The number of rotatable bonds is 1. The summed E-state index contributed by atoms with van der Waals surface area (Å²) in [5.41, 5.74) is 0. The van der Waals surface area contributed by atoms with Gasteiger partial charge >= 0.3 is 5.76 Å². The number of nitrogens with one attached hydrogen (secondary N) is 1. The first-order valence-electron chi connectivity index (χ1n) is 3.29. The van der Waals surface area contributed by atoms with Crippen LogP contribution in [0.1, 0.15) is 0 Å². The van der Waals surface area contributed by atoms with Crippen LogP contribution < -0.4 is 5.76 Å². The second kappa shape index (κ2) is 2.77. The largest absolute Gasteiger partial charge is 0.439 e. The Morgan fingerprint density at radius 1 is 1.38 bits per heavy atom. The fourth-order valence-electron chi connectivity index (χ4n) is 0.761. The van der Waals surface area contributed by atoms with E-state index >= 15 is 0 Å². The van der Waals surface area contributed by atoms with E-state index < -0.39 is 11.6 Å². The van der Waals surface area contributed by atoms with Gasteiger partial charge in [0.2, 0.25) is 5.82 Å². The maximum absolute atomic E-state index is 12.4. The monoisotopic (exact) mass is 182 g/mol. The summed E-state index contributed by atoms with van der Waals surface area (Å²) >= 11 is 0. The van der Waals surface area contributed by atoms with Gasteiger partial charge in [-0.1, -0.05) is 5.16 Å². The van der Waals surface area contributed by atoms with Gasteiger partial charge in [-0.25, -0.2) is 19.2 Å². The van der Waals surface area contributed by atoms with Gasteiger partial charge in [0.25, 0.3) is 0 Å². The molecule has 0 atom stereocenters. The van der Waals surface area contributed by atoms with Gasteiger partial charge in [0, 0.05) is 0 Å². The van der Waals surface area contributed by atoms with Crippen molar-refractivity contribution in [2.24, 2.45) is 0 Å². The lowest BCUT2D eigenvalue weighted by Gasteiger charge is -1.90. The van der Waals surface area contributed by atoms with E-state index in [1.54, 1.807) is 0 Å². The van der Waals surface area contributed by atoms with E-state index in [9.17, 15) is 9.18 Å². The SMILES string of the molecule is O=c1[nH]c(-c2ncc(F)cn2)no1. The molecule has 0 aliphatic heterocycles. The van der Waals surface area contributed by atoms with E-state index in [0.29, 0.717) is 0 Å². The van der Waals surface area contributed by atoms with Gasteiger partial charge in [0.15, 0.2) is 11.6 Å². The molecular formula is C6H3FN4O2. The van der Waals surface area contributed by atoms with E-state index in [0.717, 1.165) is 12.4 Å². The summed E-state index contributed by atoms with van der Waals surface area (Å²) in [6.07, 6.45) is 1.94. The average Bonchev–Trinajstić information content (AvgIpc) is 2.53. The minimum absolute atomic E-state index is 0.0741. The lowest BCUT2D eigenvalue weighted by atomic mass is 10.5. The predicted molar refractivity (Wildman–Crippen MR) is 38.1 cm³/mol. The molecule has 7 heteroatoms. The van der Waals surface area contributed by atoms with Crippen molar-refractivity contribution in [2.45, 2.75) is 0 Å². The van der Waals surface area contributed by atoms with Crippen LogP contribution in [0.5, 0.6) is 0 Å². The minimum atomic E-state index is -0.706. The van der Waals surface area contributed by atoms with Gasteiger partial charge in [-0.3, -0.25) is 9.51 Å². The summed E-state index contributed by atoms with van der Waals surface area (Å²) < 4.78 is 16.6. The summed E-state index contributed by atoms with van der Waals surface area (Å²) in [7, 11) is 0. The molecule has 0 saturated heterocycles. The van der Waals surface area contributed by atoms with Crippen LogP contribution >= 0.6 is 0 Å². The van der Waals surface area contributed by atoms with Crippen LogP contribution in [0.4, 0.5) is 4.39 Å². The first kappa shape index (κ1) is 7.59. The number of halogens is 1. The fraction of sp³-hybridized carbons (Fsp3) is 0. The Labute approximate surface area is 70.4 Å². The summed E-state index contributed by atoms with van der Waals surface area (Å²) in [5.74, 6) is -1.09. The molecular weight excluding hydrogens is 179 g/mol. The molecule has 2 rings (SSSR count). The molecule has 2 heterocycles. The summed E-state index contributed by atoms with van der Waals surface area (Å²) in [4.78, 5) is 19.9. The van der Waals surface area contributed by atoms with E-state index in [1.165, 1.54) is 0 Å². The second-order valence-corrected chi connectivity index (χ2v) is 2.17. The van der Waals surface area contributed by atoms with Gasteiger partial charge in [-0.05, 0) is 0 Å². The number of hydrogen-bond acceptors (Lipinski definition) is 5. The molecule has 0 aliphatic rings. The van der Waals surface area contributed by atoms with E-state index in [4.69, 9.17) is 0 Å². The zero-order valence-electron chi connectivity index (χ0n) is 6.19. The van der Waals surface area contributed by atoms with E-state index in [-0.39, 0.29) is 11.6 Å². The van der Waals surface area contributed by atoms with Crippen LogP contribution in [-0.2, 0) is 0 Å². The van der Waals surface area contributed by atoms with Crippen molar-refractivity contribution in [3.05, 3.63) is 28.8 Å². The molecule has 13 heavy (non-hydrogen) atoms. The van der Waals surface area contributed by atoms with Crippen LogP contribution in [0, 0.1) is 5.82 Å². The third kappa shape index (κ3) is 1.43. The molecule has 0 saturated carbocycles. The number of nitrogens with zero attached hydrogens (tertiary/aromatic N) is 3. The zero-order valence-corrected chi connectivity index (χ0v) is 6.19. The van der Waals surface area contributed by atoms with Gasteiger partial charge in [-0.2, -0.15) is 0 Å². The minimum Gasteiger partial charge on any atom is -0.295 e. The molecule has 0 radical (unpaired) electrons. The standard InChI is InChI=1S/C6H3FN4O2/c7-3-1-8-4(9-2-3)5-10-6(12)13-11-5/h1-2H,(H,10,11,12). The lowest BCUT2D eigenvalue weighted by Crippen LogP contribution is -1.97. The van der Waals surface area contributed by atoms with Crippen molar-refractivity contribution in [3.8, 4) is 11.6 Å².